The highest BCUT2D eigenvalue weighted by Crippen LogP contribution is 2.24. The molecule has 24 heavy (non-hydrogen) atoms. The maximum absolute atomic E-state index is 12.5. The minimum Gasteiger partial charge on any atom is -0.494 e. The fourth-order valence-electron chi connectivity index (χ4n) is 2.35. The lowest BCUT2D eigenvalue weighted by Gasteiger charge is -2.09. The van der Waals surface area contributed by atoms with Crippen molar-refractivity contribution in [3.8, 4) is 5.75 Å². The molecule has 122 valence electrons. The van der Waals surface area contributed by atoms with Gasteiger partial charge in [0.15, 0.2) is 0 Å². The fourth-order valence-corrected chi connectivity index (χ4v) is 2.54. The largest absolute Gasteiger partial charge is 0.494 e. The van der Waals surface area contributed by atoms with Gasteiger partial charge in [0.1, 0.15) is 11.3 Å². The van der Waals surface area contributed by atoms with E-state index >= 15 is 0 Å². The lowest BCUT2D eigenvalue weighted by atomic mass is 10.1. The second kappa shape index (κ2) is 6.76. The third-order valence-corrected chi connectivity index (χ3v) is 3.59. The number of anilines is 1. The fraction of sp³-hybridized carbons (Fsp3) is 0.111. The predicted octanol–water partition coefficient (Wildman–Crippen LogP) is 4.10. The summed E-state index contributed by atoms with van der Waals surface area (Å²) >= 11 is 5.91. The Hall–Kier alpha value is -2.79. The molecule has 5 nitrogen and oxygen atoms in total. The lowest BCUT2D eigenvalue weighted by molar-refractivity contribution is 0.102. The van der Waals surface area contributed by atoms with Crippen molar-refractivity contribution < 1.29 is 13.9 Å². The van der Waals surface area contributed by atoms with Crippen LogP contribution in [0.1, 0.15) is 17.3 Å². The first-order chi connectivity index (χ1) is 11.6. The Morgan fingerprint density at radius 2 is 2.04 bits per heavy atom. The molecule has 0 aliphatic carbocycles. The molecule has 0 unspecified atom stereocenters. The van der Waals surface area contributed by atoms with Gasteiger partial charge in [0.05, 0.1) is 12.2 Å². The van der Waals surface area contributed by atoms with Crippen LogP contribution in [0, 0.1) is 0 Å². The van der Waals surface area contributed by atoms with Crippen LogP contribution in [0.5, 0.6) is 5.75 Å². The number of hydrogen-bond acceptors (Lipinski definition) is 4. The van der Waals surface area contributed by atoms with Gasteiger partial charge in [0.2, 0.25) is 0 Å². The van der Waals surface area contributed by atoms with Gasteiger partial charge >= 0.3 is 5.63 Å². The van der Waals surface area contributed by atoms with Crippen molar-refractivity contribution >= 4 is 34.2 Å². The van der Waals surface area contributed by atoms with Crippen LogP contribution < -0.4 is 15.7 Å². The number of amides is 1. The Morgan fingerprint density at radius 1 is 1.21 bits per heavy atom. The van der Waals surface area contributed by atoms with E-state index in [0.717, 1.165) is 0 Å². The Bertz CT molecular complexity index is 965. The molecule has 0 fully saturated rings. The van der Waals surface area contributed by atoms with Gasteiger partial charge in [-0.15, -0.1) is 0 Å². The summed E-state index contributed by atoms with van der Waals surface area (Å²) in [5.41, 5.74) is 0.459. The van der Waals surface area contributed by atoms with Crippen LogP contribution in [0.25, 0.3) is 11.0 Å². The molecule has 0 aliphatic rings. The summed E-state index contributed by atoms with van der Waals surface area (Å²) in [6, 6.07) is 12.9. The first kappa shape index (κ1) is 16.1. The van der Waals surface area contributed by atoms with E-state index in [0.29, 0.717) is 34.0 Å². The average Bonchev–Trinajstić information content (AvgIpc) is 2.54. The molecule has 3 rings (SSSR count). The molecule has 1 heterocycles. The van der Waals surface area contributed by atoms with E-state index in [9.17, 15) is 9.59 Å². The van der Waals surface area contributed by atoms with Crippen molar-refractivity contribution in [1.29, 1.82) is 0 Å². The minimum absolute atomic E-state index is 0.226. The van der Waals surface area contributed by atoms with E-state index < -0.39 is 11.5 Å². The van der Waals surface area contributed by atoms with Crippen LogP contribution in [-0.4, -0.2) is 12.5 Å². The highest BCUT2D eigenvalue weighted by atomic mass is 35.5. The van der Waals surface area contributed by atoms with Gasteiger partial charge in [0, 0.05) is 28.2 Å². The van der Waals surface area contributed by atoms with E-state index in [4.69, 9.17) is 20.8 Å². The molecule has 1 aromatic heterocycles. The van der Waals surface area contributed by atoms with Crippen LogP contribution in [0.4, 0.5) is 5.69 Å². The highest BCUT2D eigenvalue weighted by Gasteiger charge is 2.14. The van der Waals surface area contributed by atoms with Gasteiger partial charge in [-0.25, -0.2) is 4.79 Å². The third-order valence-electron chi connectivity index (χ3n) is 3.35. The molecule has 0 saturated heterocycles. The lowest BCUT2D eigenvalue weighted by Crippen LogP contribution is -2.15. The van der Waals surface area contributed by atoms with E-state index in [2.05, 4.69) is 5.32 Å². The first-order valence-electron chi connectivity index (χ1n) is 7.34. The number of halogens is 1. The smallest absolute Gasteiger partial charge is 0.337 e. The first-order valence-corrected chi connectivity index (χ1v) is 7.72. The highest BCUT2D eigenvalue weighted by molar-refractivity contribution is 6.31. The monoisotopic (exact) mass is 343 g/mol. The molecule has 3 aromatic rings. The number of hydrogen-bond donors (Lipinski definition) is 1. The number of ether oxygens (including phenoxy) is 1. The van der Waals surface area contributed by atoms with Crippen LogP contribution in [0.3, 0.4) is 0 Å². The van der Waals surface area contributed by atoms with Gasteiger partial charge in [-0.2, -0.15) is 0 Å². The number of nitrogens with one attached hydrogen (secondary N) is 1. The van der Waals surface area contributed by atoms with E-state index in [1.54, 1.807) is 42.5 Å². The molecule has 0 spiro atoms. The molecule has 0 radical (unpaired) electrons. The number of fused-ring (bicyclic) bond motifs is 1. The van der Waals surface area contributed by atoms with Crippen LogP contribution in [-0.2, 0) is 0 Å². The number of carbonyl (C=O) groups excluding carboxylic acids is 1. The van der Waals surface area contributed by atoms with Gasteiger partial charge in [-0.1, -0.05) is 17.7 Å². The van der Waals surface area contributed by atoms with Crippen molar-refractivity contribution in [1.82, 2.24) is 0 Å². The molecule has 6 heteroatoms. The molecular weight excluding hydrogens is 330 g/mol. The van der Waals surface area contributed by atoms with Gasteiger partial charge < -0.3 is 14.5 Å². The summed E-state index contributed by atoms with van der Waals surface area (Å²) in [5.74, 6) is 0.153. The average molecular weight is 344 g/mol. The molecule has 1 N–H and O–H groups in total. The summed E-state index contributed by atoms with van der Waals surface area (Å²) in [6.45, 7) is 2.35. The van der Waals surface area contributed by atoms with Crippen LogP contribution in [0.15, 0.2) is 57.7 Å². The molecule has 0 atom stereocenters. The summed E-state index contributed by atoms with van der Waals surface area (Å²) in [4.78, 5) is 24.3. The molecule has 0 bridgehead atoms. The maximum Gasteiger partial charge on any atom is 0.337 e. The van der Waals surface area contributed by atoms with Gasteiger partial charge in [0.25, 0.3) is 5.91 Å². The summed E-state index contributed by atoms with van der Waals surface area (Å²) in [7, 11) is 0. The number of carbonyl (C=O) groups is 1. The van der Waals surface area contributed by atoms with Crippen LogP contribution >= 0.6 is 11.6 Å². The van der Waals surface area contributed by atoms with E-state index in [1.807, 2.05) is 6.92 Å². The zero-order chi connectivity index (χ0) is 17.1. The third kappa shape index (κ3) is 3.41. The van der Waals surface area contributed by atoms with Crippen molar-refractivity contribution in [2.75, 3.05) is 11.9 Å². The zero-order valence-corrected chi connectivity index (χ0v) is 13.6. The van der Waals surface area contributed by atoms with Crippen molar-refractivity contribution in [3.05, 3.63) is 69.5 Å². The second-order valence-corrected chi connectivity index (χ2v) is 5.47. The van der Waals surface area contributed by atoms with E-state index in [1.165, 1.54) is 6.07 Å². The summed E-state index contributed by atoms with van der Waals surface area (Å²) in [6.07, 6.45) is 0. The summed E-state index contributed by atoms with van der Waals surface area (Å²) < 4.78 is 10.6. The predicted molar refractivity (Wildman–Crippen MR) is 93.1 cm³/mol. The Morgan fingerprint density at radius 3 is 2.79 bits per heavy atom. The van der Waals surface area contributed by atoms with Crippen molar-refractivity contribution in [3.63, 3.8) is 0 Å². The Labute approximate surface area is 142 Å². The Balaban J connectivity index is 2.01. The second-order valence-electron chi connectivity index (χ2n) is 5.03. The van der Waals surface area contributed by atoms with Crippen LogP contribution in [0.2, 0.25) is 5.02 Å². The minimum atomic E-state index is -0.604. The van der Waals surface area contributed by atoms with Crippen molar-refractivity contribution in [2.24, 2.45) is 0 Å². The van der Waals surface area contributed by atoms with Gasteiger partial charge in [-0.3, -0.25) is 4.79 Å². The SMILES string of the molecule is CCOc1ccc2c(C(=O)Nc3cccc(Cl)c3)cc(=O)oc2c1. The zero-order valence-electron chi connectivity index (χ0n) is 12.8. The molecule has 1 amide bonds. The van der Waals surface area contributed by atoms with Gasteiger partial charge in [-0.05, 0) is 37.3 Å². The molecule has 0 aliphatic heterocycles. The number of benzene rings is 2. The maximum atomic E-state index is 12.5. The molecule has 2 aromatic carbocycles. The van der Waals surface area contributed by atoms with E-state index in [-0.39, 0.29) is 5.56 Å². The Kier molecular flexibility index (Phi) is 4.53. The molecular formula is C18H14ClNO4. The standard InChI is InChI=1S/C18H14ClNO4/c1-2-23-13-6-7-14-15(10-17(21)24-16(14)9-13)18(22)20-12-5-3-4-11(19)8-12/h3-10H,2H2,1H3,(H,20,22). The topological polar surface area (TPSA) is 68.5 Å². The number of rotatable bonds is 4. The molecule has 0 saturated carbocycles. The quantitative estimate of drug-likeness (QED) is 0.724. The normalized spacial score (nSPS) is 10.6. The van der Waals surface area contributed by atoms with Crippen molar-refractivity contribution in [2.45, 2.75) is 6.92 Å². The summed E-state index contributed by atoms with van der Waals surface area (Å²) in [5, 5.41) is 3.75.